The van der Waals surface area contributed by atoms with E-state index in [1.807, 2.05) is 19.1 Å². The van der Waals surface area contributed by atoms with Crippen LogP contribution in [0.15, 0.2) is 41.0 Å². The zero-order valence-electron chi connectivity index (χ0n) is 9.27. The maximum absolute atomic E-state index is 9.01. The molecule has 0 amide bonds. The molecule has 1 unspecified atom stereocenters. The van der Waals surface area contributed by atoms with Crippen molar-refractivity contribution in [2.75, 3.05) is 5.32 Å². The Labute approximate surface area is 105 Å². The molecule has 0 aliphatic carbocycles. The van der Waals surface area contributed by atoms with Gasteiger partial charge in [0.15, 0.2) is 0 Å². The van der Waals surface area contributed by atoms with Crippen LogP contribution in [0.2, 0.25) is 5.02 Å². The minimum absolute atomic E-state index is 0.00160. The summed E-state index contributed by atoms with van der Waals surface area (Å²) in [6, 6.07) is 11.0. The molecular formula is C13H11ClN2O. The number of nitrogens with one attached hydrogen (secondary N) is 1. The monoisotopic (exact) mass is 246 g/mol. The fourth-order valence-electron chi connectivity index (χ4n) is 1.58. The van der Waals surface area contributed by atoms with Crippen LogP contribution in [0.3, 0.4) is 0 Å². The zero-order chi connectivity index (χ0) is 12.3. The largest absolute Gasteiger partial charge is 0.467 e. The minimum atomic E-state index is -0.00160. The Hall–Kier alpha value is -1.92. The van der Waals surface area contributed by atoms with Crippen molar-refractivity contribution in [1.82, 2.24) is 0 Å². The second-order valence-electron chi connectivity index (χ2n) is 3.68. The van der Waals surface area contributed by atoms with E-state index < -0.39 is 0 Å². The van der Waals surface area contributed by atoms with E-state index in [4.69, 9.17) is 21.3 Å². The van der Waals surface area contributed by atoms with E-state index in [0.29, 0.717) is 10.6 Å². The van der Waals surface area contributed by atoms with Gasteiger partial charge in [0.05, 0.1) is 23.6 Å². The second-order valence-corrected chi connectivity index (χ2v) is 4.12. The van der Waals surface area contributed by atoms with Crippen LogP contribution in [0.1, 0.15) is 24.3 Å². The highest BCUT2D eigenvalue weighted by molar-refractivity contribution is 6.30. The minimum Gasteiger partial charge on any atom is -0.467 e. The van der Waals surface area contributed by atoms with Gasteiger partial charge in [-0.1, -0.05) is 11.6 Å². The molecule has 2 rings (SSSR count). The van der Waals surface area contributed by atoms with Crippen molar-refractivity contribution in [2.24, 2.45) is 0 Å². The number of halogens is 1. The summed E-state index contributed by atoms with van der Waals surface area (Å²) in [5.41, 5.74) is 1.27. The molecule has 17 heavy (non-hydrogen) atoms. The first-order valence-electron chi connectivity index (χ1n) is 5.20. The first-order valence-corrected chi connectivity index (χ1v) is 5.58. The van der Waals surface area contributed by atoms with Gasteiger partial charge in [-0.15, -0.1) is 0 Å². The van der Waals surface area contributed by atoms with E-state index >= 15 is 0 Å². The standard InChI is InChI=1S/C13H11ClN2O/c1-9(13-3-2-6-17-13)16-12-5-4-11(14)7-10(12)8-15/h2-7,9,16H,1H3. The third-order valence-electron chi connectivity index (χ3n) is 2.44. The van der Waals surface area contributed by atoms with Gasteiger partial charge in [-0.3, -0.25) is 0 Å². The highest BCUT2D eigenvalue weighted by atomic mass is 35.5. The van der Waals surface area contributed by atoms with Crippen molar-refractivity contribution in [3.05, 3.63) is 52.9 Å². The van der Waals surface area contributed by atoms with Crippen molar-refractivity contribution in [2.45, 2.75) is 13.0 Å². The van der Waals surface area contributed by atoms with Crippen LogP contribution in [0, 0.1) is 11.3 Å². The predicted molar refractivity (Wildman–Crippen MR) is 66.9 cm³/mol. The van der Waals surface area contributed by atoms with E-state index in [2.05, 4.69) is 11.4 Å². The summed E-state index contributed by atoms with van der Waals surface area (Å²) in [5.74, 6) is 0.823. The van der Waals surface area contributed by atoms with Gasteiger partial charge in [0.1, 0.15) is 11.8 Å². The molecule has 0 saturated carbocycles. The number of furan rings is 1. The number of nitriles is 1. The van der Waals surface area contributed by atoms with Crippen LogP contribution in [0.5, 0.6) is 0 Å². The van der Waals surface area contributed by atoms with Gasteiger partial charge in [0, 0.05) is 5.02 Å². The van der Waals surface area contributed by atoms with Crippen LogP contribution >= 0.6 is 11.6 Å². The molecule has 1 aromatic carbocycles. The van der Waals surface area contributed by atoms with Crippen molar-refractivity contribution < 1.29 is 4.42 Å². The number of rotatable bonds is 3. The Morgan fingerprint density at radius 3 is 2.88 bits per heavy atom. The van der Waals surface area contributed by atoms with Gasteiger partial charge in [-0.2, -0.15) is 5.26 Å². The van der Waals surface area contributed by atoms with Gasteiger partial charge < -0.3 is 9.73 Å². The molecular weight excluding hydrogens is 236 g/mol. The summed E-state index contributed by atoms with van der Waals surface area (Å²) in [6.45, 7) is 1.97. The van der Waals surface area contributed by atoms with E-state index in [1.165, 1.54) is 0 Å². The zero-order valence-corrected chi connectivity index (χ0v) is 10.0. The maximum Gasteiger partial charge on any atom is 0.125 e. The van der Waals surface area contributed by atoms with Gasteiger partial charge >= 0.3 is 0 Å². The first kappa shape index (κ1) is 11.6. The summed E-state index contributed by atoms with van der Waals surface area (Å²) in [6.07, 6.45) is 1.63. The molecule has 1 atom stereocenters. The summed E-state index contributed by atoms with van der Waals surface area (Å²) < 4.78 is 5.29. The van der Waals surface area contributed by atoms with Gasteiger partial charge in [0.25, 0.3) is 0 Å². The van der Waals surface area contributed by atoms with Crippen molar-refractivity contribution in [3.8, 4) is 6.07 Å². The highest BCUT2D eigenvalue weighted by Gasteiger charge is 2.10. The molecule has 0 radical (unpaired) electrons. The molecule has 2 aromatic rings. The summed E-state index contributed by atoms with van der Waals surface area (Å²) >= 11 is 5.83. The second kappa shape index (κ2) is 4.94. The maximum atomic E-state index is 9.01. The molecule has 4 heteroatoms. The van der Waals surface area contributed by atoms with Crippen LogP contribution < -0.4 is 5.32 Å². The Balaban J connectivity index is 2.22. The molecule has 1 aromatic heterocycles. The molecule has 0 bridgehead atoms. The van der Waals surface area contributed by atoms with Crippen molar-refractivity contribution in [1.29, 1.82) is 5.26 Å². The molecule has 0 fully saturated rings. The van der Waals surface area contributed by atoms with Crippen molar-refractivity contribution in [3.63, 3.8) is 0 Å². The molecule has 0 aliphatic rings. The Morgan fingerprint density at radius 1 is 1.41 bits per heavy atom. The molecule has 3 nitrogen and oxygen atoms in total. The molecule has 86 valence electrons. The summed E-state index contributed by atoms with van der Waals surface area (Å²) in [5, 5.41) is 12.8. The number of hydrogen-bond acceptors (Lipinski definition) is 3. The van der Waals surface area contributed by atoms with E-state index in [9.17, 15) is 0 Å². The molecule has 0 saturated heterocycles. The number of hydrogen-bond donors (Lipinski definition) is 1. The Bertz CT molecular complexity index is 543. The normalized spacial score (nSPS) is 11.8. The smallest absolute Gasteiger partial charge is 0.125 e. The molecule has 1 N–H and O–H groups in total. The third-order valence-corrected chi connectivity index (χ3v) is 2.68. The topological polar surface area (TPSA) is 49.0 Å². The first-order chi connectivity index (χ1) is 8.20. The lowest BCUT2D eigenvalue weighted by Crippen LogP contribution is -2.06. The van der Waals surface area contributed by atoms with E-state index in [0.717, 1.165) is 11.4 Å². The molecule has 0 spiro atoms. The fourth-order valence-corrected chi connectivity index (χ4v) is 1.75. The third kappa shape index (κ3) is 2.61. The Morgan fingerprint density at radius 2 is 2.24 bits per heavy atom. The number of anilines is 1. The highest BCUT2D eigenvalue weighted by Crippen LogP contribution is 2.24. The lowest BCUT2D eigenvalue weighted by Gasteiger charge is -2.14. The summed E-state index contributed by atoms with van der Waals surface area (Å²) in [7, 11) is 0. The van der Waals surface area contributed by atoms with Crippen LogP contribution in [0.4, 0.5) is 5.69 Å². The van der Waals surface area contributed by atoms with Gasteiger partial charge in [-0.25, -0.2) is 0 Å². The quantitative estimate of drug-likeness (QED) is 0.891. The van der Waals surface area contributed by atoms with Crippen LogP contribution in [-0.2, 0) is 0 Å². The lowest BCUT2D eigenvalue weighted by atomic mass is 10.1. The average Bonchev–Trinajstić information content (AvgIpc) is 2.85. The van der Waals surface area contributed by atoms with Gasteiger partial charge in [-0.05, 0) is 37.3 Å². The summed E-state index contributed by atoms with van der Waals surface area (Å²) in [4.78, 5) is 0. The number of benzene rings is 1. The molecule has 0 aliphatic heterocycles. The van der Waals surface area contributed by atoms with Gasteiger partial charge in [0.2, 0.25) is 0 Å². The fraction of sp³-hybridized carbons (Fsp3) is 0.154. The predicted octanol–water partition coefficient (Wildman–Crippen LogP) is 3.98. The van der Waals surface area contributed by atoms with Crippen LogP contribution in [0.25, 0.3) is 0 Å². The van der Waals surface area contributed by atoms with E-state index in [-0.39, 0.29) is 6.04 Å². The number of nitrogens with zero attached hydrogens (tertiary/aromatic N) is 1. The average molecular weight is 247 g/mol. The lowest BCUT2D eigenvalue weighted by molar-refractivity contribution is 0.490. The Kier molecular flexibility index (Phi) is 3.36. The van der Waals surface area contributed by atoms with E-state index in [1.54, 1.807) is 24.5 Å². The SMILES string of the molecule is CC(Nc1ccc(Cl)cc1C#N)c1ccco1. The van der Waals surface area contributed by atoms with Crippen LogP contribution in [-0.4, -0.2) is 0 Å². The van der Waals surface area contributed by atoms with Crippen molar-refractivity contribution >= 4 is 17.3 Å². The molecule has 1 heterocycles.